The molecule has 2 N–H and O–H groups in total. The summed E-state index contributed by atoms with van der Waals surface area (Å²) in [6.45, 7) is 11.4. The van der Waals surface area contributed by atoms with E-state index in [0.29, 0.717) is 38.1 Å². The van der Waals surface area contributed by atoms with Crippen LogP contribution in [0.5, 0.6) is 0 Å². The van der Waals surface area contributed by atoms with Gasteiger partial charge in [-0.1, -0.05) is 57.1 Å². The van der Waals surface area contributed by atoms with Gasteiger partial charge in [0.25, 0.3) is 5.91 Å². The van der Waals surface area contributed by atoms with E-state index in [1.165, 1.54) is 16.0 Å². The molecule has 0 unspecified atom stereocenters. The number of rotatable bonds is 6. The molecule has 6 nitrogen and oxygen atoms in total. The lowest BCUT2D eigenvalue weighted by Gasteiger charge is -2.56. The smallest absolute Gasteiger partial charge is 0.313 e. The number of carbonyl (C=O) groups excluding carboxylic acids is 2. The van der Waals surface area contributed by atoms with Crippen LogP contribution in [0.1, 0.15) is 97.3 Å². The maximum atomic E-state index is 14.7. The summed E-state index contributed by atoms with van der Waals surface area (Å²) in [7, 11) is 0. The number of aliphatic hydroxyl groups excluding tert-OH is 1. The number of ether oxygens (including phenoxy) is 1. The van der Waals surface area contributed by atoms with Crippen LogP contribution < -0.4 is 0 Å². The molecule has 2 heterocycles. The molecule has 2 bridgehead atoms. The Bertz CT molecular complexity index is 1400. The lowest BCUT2D eigenvalue weighted by Crippen LogP contribution is -2.61. The predicted molar refractivity (Wildman–Crippen MR) is 167 cm³/mol. The molecule has 0 spiro atoms. The molecule has 6 aliphatic rings. The largest absolute Gasteiger partial charge is 0.448 e. The summed E-state index contributed by atoms with van der Waals surface area (Å²) >= 11 is 1.69. The average Bonchev–Trinajstić information content (AvgIpc) is 3.66. The monoisotopic (exact) mass is 607 g/mol. The van der Waals surface area contributed by atoms with Crippen LogP contribution in [0.15, 0.2) is 40.8 Å². The van der Waals surface area contributed by atoms with Crippen LogP contribution in [-0.2, 0) is 20.7 Å². The van der Waals surface area contributed by atoms with Gasteiger partial charge in [-0.3, -0.25) is 9.59 Å². The van der Waals surface area contributed by atoms with Gasteiger partial charge >= 0.3 is 5.97 Å². The van der Waals surface area contributed by atoms with Gasteiger partial charge in [0, 0.05) is 22.3 Å². The molecule has 1 aliphatic heterocycles. The normalized spacial score (nSPS) is 44.2. The number of allylic oxidation sites excluding steroid dienone is 3. The fourth-order valence-corrected chi connectivity index (χ4v) is 11.3. The van der Waals surface area contributed by atoms with Crippen molar-refractivity contribution in [3.05, 3.63) is 45.7 Å². The minimum absolute atomic E-state index is 0.0836. The molecular weight excluding hydrogens is 558 g/mol. The van der Waals surface area contributed by atoms with Gasteiger partial charge < -0.3 is 19.8 Å². The number of amides is 1. The summed E-state index contributed by atoms with van der Waals surface area (Å²) in [5, 5.41) is 25.1. The van der Waals surface area contributed by atoms with E-state index in [9.17, 15) is 19.8 Å². The maximum absolute atomic E-state index is 14.7. The highest BCUT2D eigenvalue weighted by Gasteiger charge is 2.76. The number of nitrogens with zero attached hydrogens (tertiary/aromatic N) is 1. The van der Waals surface area contributed by atoms with E-state index < -0.39 is 22.0 Å². The second-order valence-electron chi connectivity index (χ2n) is 16.0. The summed E-state index contributed by atoms with van der Waals surface area (Å²) < 4.78 is 6.07. The van der Waals surface area contributed by atoms with Gasteiger partial charge in [-0.2, -0.15) is 0 Å². The topological polar surface area (TPSA) is 87.1 Å². The molecule has 4 saturated carbocycles. The molecule has 43 heavy (non-hydrogen) atoms. The van der Waals surface area contributed by atoms with Crippen LogP contribution in [-0.4, -0.2) is 57.4 Å². The van der Waals surface area contributed by atoms with Crippen LogP contribution >= 0.6 is 11.3 Å². The Balaban J connectivity index is 1.20. The van der Waals surface area contributed by atoms with E-state index in [2.05, 4.69) is 37.4 Å². The van der Waals surface area contributed by atoms with E-state index >= 15 is 0 Å². The number of hydrogen-bond donors (Lipinski definition) is 2. The number of thiophene rings is 1. The van der Waals surface area contributed by atoms with Gasteiger partial charge in [0.1, 0.15) is 0 Å². The second-order valence-corrected chi connectivity index (χ2v) is 17.1. The SMILES string of the molecule is CC1(C)[C@@]2(C)CC[C@]1(C(=O)N(CCc1cccs1)C[C@]1(O)CC[C@H]3C4=CC=C5C[C@@H](O)CC[C@]5(C)[C@H]4CC[C@@]31C)OC2=O. The first kappa shape index (κ1) is 29.7. The summed E-state index contributed by atoms with van der Waals surface area (Å²) in [4.78, 5) is 30.9. The summed E-state index contributed by atoms with van der Waals surface area (Å²) in [6, 6.07) is 4.14. The zero-order valence-electron chi connectivity index (χ0n) is 26.6. The van der Waals surface area contributed by atoms with Gasteiger partial charge in [0.05, 0.1) is 23.7 Å². The van der Waals surface area contributed by atoms with Crippen LogP contribution in [0.2, 0.25) is 0 Å². The minimum Gasteiger partial charge on any atom is -0.448 e. The van der Waals surface area contributed by atoms with Crippen molar-refractivity contribution in [1.29, 1.82) is 0 Å². The highest BCUT2D eigenvalue weighted by Crippen LogP contribution is 2.68. The number of esters is 1. The molecule has 1 aromatic rings. The Morgan fingerprint density at radius 3 is 2.47 bits per heavy atom. The lowest BCUT2D eigenvalue weighted by atomic mass is 9.50. The van der Waals surface area contributed by atoms with Crippen molar-refractivity contribution in [3.8, 4) is 0 Å². The second kappa shape index (κ2) is 9.53. The van der Waals surface area contributed by atoms with E-state index in [0.717, 1.165) is 38.5 Å². The first-order chi connectivity index (χ1) is 20.2. The van der Waals surface area contributed by atoms with Crippen LogP contribution in [0.3, 0.4) is 0 Å². The zero-order chi connectivity index (χ0) is 30.6. The van der Waals surface area contributed by atoms with Crippen molar-refractivity contribution in [2.45, 2.75) is 116 Å². The van der Waals surface area contributed by atoms with E-state index in [1.807, 2.05) is 31.7 Å². The predicted octanol–water partition coefficient (Wildman–Crippen LogP) is 6.22. The Kier molecular flexibility index (Phi) is 6.59. The molecule has 1 aromatic heterocycles. The van der Waals surface area contributed by atoms with Gasteiger partial charge in [0.2, 0.25) is 0 Å². The molecule has 0 radical (unpaired) electrons. The number of aliphatic hydroxyl groups is 2. The van der Waals surface area contributed by atoms with E-state index in [-0.39, 0.29) is 41.3 Å². The highest BCUT2D eigenvalue weighted by molar-refractivity contribution is 7.09. The molecule has 7 heteroatoms. The third kappa shape index (κ3) is 3.83. The summed E-state index contributed by atoms with van der Waals surface area (Å²) in [5.74, 6) is 0.322. The van der Waals surface area contributed by atoms with E-state index in [1.54, 1.807) is 11.3 Å². The van der Waals surface area contributed by atoms with Crippen LogP contribution in [0.4, 0.5) is 0 Å². The zero-order valence-corrected chi connectivity index (χ0v) is 27.4. The molecule has 234 valence electrons. The van der Waals surface area contributed by atoms with Crippen LogP contribution in [0, 0.1) is 33.5 Å². The fraction of sp³-hybridized carbons (Fsp3) is 0.722. The Labute approximate surface area is 260 Å². The molecule has 8 atom stereocenters. The maximum Gasteiger partial charge on any atom is 0.313 e. The van der Waals surface area contributed by atoms with E-state index in [4.69, 9.17) is 4.74 Å². The quantitative estimate of drug-likeness (QED) is 0.375. The highest BCUT2D eigenvalue weighted by atomic mass is 32.1. The third-order valence-corrected chi connectivity index (χ3v) is 15.2. The molecule has 0 aromatic carbocycles. The van der Waals surface area contributed by atoms with Crippen LogP contribution in [0.25, 0.3) is 0 Å². The molecule has 1 amide bonds. The molecule has 5 aliphatic carbocycles. The van der Waals surface area contributed by atoms with Gasteiger partial charge in [-0.05, 0) is 99.8 Å². The first-order valence-corrected chi connectivity index (χ1v) is 17.5. The Morgan fingerprint density at radius 1 is 1.02 bits per heavy atom. The molecule has 5 fully saturated rings. The van der Waals surface area contributed by atoms with Gasteiger partial charge in [-0.25, -0.2) is 0 Å². The molecule has 7 rings (SSSR count). The molecular formula is C36H49NO5S. The standard InChI is InChI=1S/C36H49NO5S/c1-31(2)34(5)17-18-36(31,42-30(34)40)29(39)37(19-13-25-7-6-20-43-25)22-35(41)16-12-28-26-9-8-23-21-24(38)10-14-32(23,3)27(26)11-15-33(28,35)4/h6-9,20,24,27-28,38,41H,10-19,21-22H2,1-5H3/t24-,27-,28-,32-,33-,34-,35+,36+/m0/s1. The fourth-order valence-electron chi connectivity index (χ4n) is 10.6. The van der Waals surface area contributed by atoms with Gasteiger partial charge in [0.15, 0.2) is 5.60 Å². The van der Waals surface area contributed by atoms with Crippen molar-refractivity contribution in [1.82, 2.24) is 4.90 Å². The van der Waals surface area contributed by atoms with Crippen molar-refractivity contribution in [2.75, 3.05) is 13.1 Å². The third-order valence-electron chi connectivity index (χ3n) is 14.2. The average molecular weight is 608 g/mol. The minimum atomic E-state index is -1.19. The van der Waals surface area contributed by atoms with Gasteiger partial charge in [-0.15, -0.1) is 11.3 Å². The first-order valence-electron chi connectivity index (χ1n) is 16.6. The number of fused-ring (bicyclic) bond motifs is 7. The lowest BCUT2D eigenvalue weighted by molar-refractivity contribution is -0.178. The number of carbonyl (C=O) groups is 2. The van der Waals surface area contributed by atoms with Crippen molar-refractivity contribution in [3.63, 3.8) is 0 Å². The number of hydrogen-bond acceptors (Lipinski definition) is 6. The Hall–Kier alpha value is -1.96. The van der Waals surface area contributed by atoms with Crippen molar-refractivity contribution < 1.29 is 24.5 Å². The summed E-state index contributed by atoms with van der Waals surface area (Å²) in [5.41, 5.74) is -0.928. The van der Waals surface area contributed by atoms with Crippen molar-refractivity contribution >= 4 is 23.2 Å². The molecule has 1 saturated heterocycles. The summed E-state index contributed by atoms with van der Waals surface area (Å²) in [6.07, 6.45) is 12.4. The van der Waals surface area contributed by atoms with Crippen molar-refractivity contribution in [2.24, 2.45) is 33.5 Å². The Morgan fingerprint density at radius 2 is 1.79 bits per heavy atom.